The summed E-state index contributed by atoms with van der Waals surface area (Å²) >= 11 is 5.76. The second-order valence-electron chi connectivity index (χ2n) is 8.90. The maximum Gasteiger partial charge on any atom is 0.253 e. The molecule has 34 heavy (non-hydrogen) atoms. The van der Waals surface area contributed by atoms with Crippen molar-refractivity contribution in [3.05, 3.63) is 34.1 Å². The molecule has 10 heteroatoms. The lowest BCUT2D eigenvalue weighted by Gasteiger charge is -2.31. The van der Waals surface area contributed by atoms with Crippen LogP contribution >= 0.6 is 12.2 Å². The number of morpholine rings is 1. The zero-order valence-electron chi connectivity index (χ0n) is 19.3. The highest BCUT2D eigenvalue weighted by molar-refractivity contribution is 7.80. The number of hydrogen-bond donors (Lipinski definition) is 2. The van der Waals surface area contributed by atoms with E-state index >= 15 is 0 Å². The van der Waals surface area contributed by atoms with Gasteiger partial charge in [0.15, 0.2) is 16.6 Å². The predicted octanol–water partition coefficient (Wildman–Crippen LogP) is 1.49. The molecule has 2 saturated heterocycles. The fourth-order valence-corrected chi connectivity index (χ4v) is 4.81. The van der Waals surface area contributed by atoms with Crippen molar-refractivity contribution in [1.29, 1.82) is 0 Å². The molecule has 1 atom stereocenters. The van der Waals surface area contributed by atoms with E-state index in [1.54, 1.807) is 0 Å². The van der Waals surface area contributed by atoms with Crippen molar-refractivity contribution in [2.75, 3.05) is 65.8 Å². The highest BCUT2D eigenvalue weighted by Crippen LogP contribution is 2.33. The fraction of sp³-hybridized carbons (Fsp3) is 0.583. The van der Waals surface area contributed by atoms with E-state index in [9.17, 15) is 4.79 Å². The normalized spacial score (nSPS) is 20.4. The Labute approximate surface area is 204 Å². The van der Waals surface area contributed by atoms with Crippen LogP contribution in [-0.2, 0) is 16.0 Å². The molecule has 0 radical (unpaired) electrons. The number of fused-ring (bicyclic) bond motifs is 2. The summed E-state index contributed by atoms with van der Waals surface area (Å²) in [5.74, 6) is 1.36. The molecule has 2 N–H and O–H groups in total. The van der Waals surface area contributed by atoms with E-state index in [2.05, 4.69) is 20.1 Å². The first-order chi connectivity index (χ1) is 16.7. The average molecular weight is 489 g/mol. The molecule has 0 spiro atoms. The van der Waals surface area contributed by atoms with Crippen LogP contribution < -0.4 is 20.3 Å². The van der Waals surface area contributed by atoms with Crippen LogP contribution in [0, 0.1) is 0 Å². The van der Waals surface area contributed by atoms with Gasteiger partial charge in [0.2, 0.25) is 0 Å². The summed E-state index contributed by atoms with van der Waals surface area (Å²) in [6, 6.07) is 5.69. The molecule has 4 heterocycles. The molecule has 0 aliphatic carbocycles. The minimum absolute atomic E-state index is 0.123. The van der Waals surface area contributed by atoms with Crippen molar-refractivity contribution < 1.29 is 18.9 Å². The number of pyridine rings is 1. The molecule has 2 aromatic rings. The third-order valence-corrected chi connectivity index (χ3v) is 6.93. The largest absolute Gasteiger partial charge is 0.486 e. The fourth-order valence-electron chi connectivity index (χ4n) is 4.57. The molecule has 3 aliphatic heterocycles. The van der Waals surface area contributed by atoms with E-state index in [0.29, 0.717) is 48.5 Å². The Morgan fingerprint density at radius 2 is 1.91 bits per heavy atom. The first-order valence-electron chi connectivity index (χ1n) is 12.1. The molecule has 0 saturated carbocycles. The standard InChI is InChI=1S/C24H32N4O5S/c29-23-18(12-17-13-21-22(14-20(17)26-23)33-11-10-32-21)16-28(4-3-27-5-8-30-9-6-27)24(34)25-15-19-2-1-7-31-19/h12-14,19H,1-11,15-16H2,(H,25,34)(H,26,29)/t19-/m1/s1. The minimum Gasteiger partial charge on any atom is -0.486 e. The number of aromatic amines is 1. The molecular formula is C24H32N4O5S. The number of H-pyrrole nitrogens is 1. The number of benzene rings is 1. The Balaban J connectivity index is 1.33. The van der Waals surface area contributed by atoms with Gasteiger partial charge in [0.1, 0.15) is 13.2 Å². The molecule has 1 aromatic heterocycles. The van der Waals surface area contributed by atoms with Gasteiger partial charge in [-0.2, -0.15) is 0 Å². The summed E-state index contributed by atoms with van der Waals surface area (Å²) in [7, 11) is 0. The summed E-state index contributed by atoms with van der Waals surface area (Å²) in [5, 5.41) is 4.92. The van der Waals surface area contributed by atoms with Crippen molar-refractivity contribution in [3.8, 4) is 11.5 Å². The summed E-state index contributed by atoms with van der Waals surface area (Å²) in [5.41, 5.74) is 1.27. The van der Waals surface area contributed by atoms with Gasteiger partial charge in [0.25, 0.3) is 5.56 Å². The molecule has 1 aromatic carbocycles. The van der Waals surface area contributed by atoms with Gasteiger partial charge in [0, 0.05) is 56.3 Å². The van der Waals surface area contributed by atoms with Crippen LogP contribution in [0.1, 0.15) is 18.4 Å². The summed E-state index contributed by atoms with van der Waals surface area (Å²) in [6.07, 6.45) is 2.32. The molecule has 0 bridgehead atoms. The number of thiocarbonyl (C=S) groups is 1. The van der Waals surface area contributed by atoms with E-state index in [1.807, 2.05) is 18.2 Å². The van der Waals surface area contributed by atoms with Gasteiger partial charge < -0.3 is 34.1 Å². The highest BCUT2D eigenvalue weighted by Gasteiger charge is 2.20. The lowest BCUT2D eigenvalue weighted by Crippen LogP contribution is -2.47. The second kappa shape index (κ2) is 10.9. The van der Waals surface area contributed by atoms with Crippen molar-refractivity contribution in [1.82, 2.24) is 20.1 Å². The molecule has 9 nitrogen and oxygen atoms in total. The van der Waals surface area contributed by atoms with Gasteiger partial charge in [0.05, 0.1) is 31.4 Å². The van der Waals surface area contributed by atoms with Gasteiger partial charge in [-0.25, -0.2) is 0 Å². The lowest BCUT2D eigenvalue weighted by molar-refractivity contribution is 0.0356. The van der Waals surface area contributed by atoms with E-state index in [1.165, 1.54) is 0 Å². The van der Waals surface area contributed by atoms with E-state index in [0.717, 1.165) is 69.7 Å². The Bertz CT molecular complexity index is 1070. The van der Waals surface area contributed by atoms with Crippen molar-refractivity contribution in [2.24, 2.45) is 0 Å². The molecule has 0 unspecified atom stereocenters. The molecule has 184 valence electrons. The number of hydrogen-bond acceptors (Lipinski definition) is 7. The Kier molecular flexibility index (Phi) is 7.48. The lowest BCUT2D eigenvalue weighted by atomic mass is 10.1. The van der Waals surface area contributed by atoms with E-state index < -0.39 is 0 Å². The van der Waals surface area contributed by atoms with Gasteiger partial charge in [-0.3, -0.25) is 9.69 Å². The molecule has 0 amide bonds. The summed E-state index contributed by atoms with van der Waals surface area (Å²) in [6.45, 7) is 7.84. The van der Waals surface area contributed by atoms with Gasteiger partial charge in [-0.05, 0) is 37.2 Å². The molecular weight excluding hydrogens is 456 g/mol. The number of aromatic nitrogens is 1. The zero-order valence-corrected chi connectivity index (χ0v) is 20.2. The van der Waals surface area contributed by atoms with Crippen molar-refractivity contribution in [3.63, 3.8) is 0 Å². The third-order valence-electron chi connectivity index (χ3n) is 6.53. The minimum atomic E-state index is -0.123. The second-order valence-corrected chi connectivity index (χ2v) is 9.29. The van der Waals surface area contributed by atoms with Crippen LogP contribution in [0.5, 0.6) is 11.5 Å². The smallest absolute Gasteiger partial charge is 0.253 e. The van der Waals surface area contributed by atoms with Crippen LogP contribution in [0.15, 0.2) is 23.0 Å². The Hall–Kier alpha value is -2.40. The molecule has 5 rings (SSSR count). The van der Waals surface area contributed by atoms with Crippen LogP contribution in [0.3, 0.4) is 0 Å². The maximum absolute atomic E-state index is 13.0. The molecule has 2 fully saturated rings. The van der Waals surface area contributed by atoms with Crippen LogP contribution in [0.4, 0.5) is 0 Å². The van der Waals surface area contributed by atoms with Gasteiger partial charge in [-0.1, -0.05) is 0 Å². The molecule has 3 aliphatic rings. The Morgan fingerprint density at radius 3 is 2.68 bits per heavy atom. The number of rotatable bonds is 7. The van der Waals surface area contributed by atoms with Gasteiger partial charge >= 0.3 is 0 Å². The van der Waals surface area contributed by atoms with E-state index in [-0.39, 0.29) is 11.7 Å². The van der Waals surface area contributed by atoms with Crippen LogP contribution in [0.2, 0.25) is 0 Å². The first kappa shape index (κ1) is 23.3. The van der Waals surface area contributed by atoms with Crippen LogP contribution in [-0.4, -0.2) is 91.8 Å². The van der Waals surface area contributed by atoms with Crippen LogP contribution in [0.25, 0.3) is 10.9 Å². The topological polar surface area (TPSA) is 88.3 Å². The SMILES string of the molecule is O=c1[nH]c2cc3c(cc2cc1CN(CCN1CCOCC1)C(=S)NC[C@H]1CCCO1)OCCO3. The van der Waals surface area contributed by atoms with Crippen molar-refractivity contribution in [2.45, 2.75) is 25.5 Å². The predicted molar refractivity (Wildman–Crippen MR) is 133 cm³/mol. The zero-order chi connectivity index (χ0) is 23.3. The number of nitrogens with zero attached hydrogens (tertiary/aromatic N) is 2. The third kappa shape index (κ3) is 5.63. The van der Waals surface area contributed by atoms with Gasteiger partial charge in [-0.15, -0.1) is 0 Å². The highest BCUT2D eigenvalue weighted by atomic mass is 32.1. The monoisotopic (exact) mass is 488 g/mol. The maximum atomic E-state index is 13.0. The first-order valence-corrected chi connectivity index (χ1v) is 12.5. The van der Waals surface area contributed by atoms with E-state index in [4.69, 9.17) is 31.2 Å². The summed E-state index contributed by atoms with van der Waals surface area (Å²) in [4.78, 5) is 20.4. The summed E-state index contributed by atoms with van der Waals surface area (Å²) < 4.78 is 22.6. The number of ether oxygens (including phenoxy) is 4. The average Bonchev–Trinajstić information content (AvgIpc) is 3.38. The number of nitrogens with one attached hydrogen (secondary N) is 2. The van der Waals surface area contributed by atoms with Crippen molar-refractivity contribution >= 4 is 28.2 Å². The Morgan fingerprint density at radius 1 is 1.12 bits per heavy atom. The quantitative estimate of drug-likeness (QED) is 0.563.